The van der Waals surface area contributed by atoms with Crippen LogP contribution in [-0.4, -0.2) is 25.0 Å². The molecule has 0 spiro atoms. The number of aliphatic imine (C=N–C) groups is 1. The van der Waals surface area contributed by atoms with Crippen LogP contribution in [0, 0.1) is 0 Å². The summed E-state index contributed by atoms with van der Waals surface area (Å²) in [6.07, 6.45) is 0. The van der Waals surface area contributed by atoms with Gasteiger partial charge >= 0.3 is 0 Å². The van der Waals surface area contributed by atoms with E-state index in [1.807, 2.05) is 24.3 Å². The molecule has 1 aliphatic rings. The number of hydrogen-bond acceptors (Lipinski definition) is 4. The number of nitrogens with zero attached hydrogens (tertiary/aromatic N) is 1. The van der Waals surface area contributed by atoms with E-state index in [-0.39, 0.29) is 5.91 Å². The molecular formula is C17H16Cl2N4O. The van der Waals surface area contributed by atoms with E-state index in [9.17, 15) is 4.79 Å². The maximum Gasteiger partial charge on any atom is 0.253 e. The quantitative estimate of drug-likeness (QED) is 0.781. The minimum Gasteiger partial charge on any atom is -0.354 e. The third-order valence-corrected chi connectivity index (χ3v) is 4.07. The average Bonchev–Trinajstić information content (AvgIpc) is 3.07. The maximum atomic E-state index is 12.2. The maximum absolute atomic E-state index is 12.2. The first-order valence-electron chi connectivity index (χ1n) is 7.49. The molecule has 7 heteroatoms. The molecule has 1 heterocycles. The molecule has 24 heavy (non-hydrogen) atoms. The number of carbonyl (C=O) groups is 1. The van der Waals surface area contributed by atoms with Crippen LogP contribution in [0.3, 0.4) is 0 Å². The van der Waals surface area contributed by atoms with Gasteiger partial charge < -0.3 is 16.0 Å². The number of rotatable bonds is 4. The molecule has 0 radical (unpaired) electrons. The second-order valence-corrected chi connectivity index (χ2v) is 6.13. The van der Waals surface area contributed by atoms with Gasteiger partial charge in [-0.25, -0.2) is 0 Å². The number of guanidine groups is 1. The van der Waals surface area contributed by atoms with E-state index in [4.69, 9.17) is 23.2 Å². The van der Waals surface area contributed by atoms with Gasteiger partial charge in [-0.1, -0.05) is 35.3 Å². The standard InChI is InChI=1S/C17H16Cl2N4O/c18-12-3-6-14(15(19)9-12)16(24)22-10-11-1-4-13(5-2-11)23-17-20-7-8-21-17/h1-6,9H,7-8,10H2,(H,22,24)(H2,20,21,23). The summed E-state index contributed by atoms with van der Waals surface area (Å²) in [5.74, 6) is 0.553. The predicted octanol–water partition coefficient (Wildman–Crippen LogP) is 3.29. The summed E-state index contributed by atoms with van der Waals surface area (Å²) in [5, 5.41) is 10.0. The summed E-state index contributed by atoms with van der Waals surface area (Å²) in [6, 6.07) is 12.6. The Morgan fingerprint density at radius 2 is 1.96 bits per heavy atom. The van der Waals surface area contributed by atoms with Crippen molar-refractivity contribution in [3.63, 3.8) is 0 Å². The topological polar surface area (TPSA) is 65.5 Å². The lowest BCUT2D eigenvalue weighted by Crippen LogP contribution is -2.26. The largest absolute Gasteiger partial charge is 0.354 e. The molecule has 0 fully saturated rings. The highest BCUT2D eigenvalue weighted by Crippen LogP contribution is 2.21. The Kier molecular flexibility index (Phi) is 5.23. The minimum absolute atomic E-state index is 0.233. The number of amides is 1. The minimum atomic E-state index is -0.233. The van der Waals surface area contributed by atoms with E-state index in [1.54, 1.807) is 18.2 Å². The molecule has 2 aromatic rings. The smallest absolute Gasteiger partial charge is 0.253 e. The van der Waals surface area contributed by atoms with Gasteiger partial charge in [-0.15, -0.1) is 0 Å². The number of halogens is 2. The SMILES string of the molecule is O=C(NCc1ccc(NC2=NCCN2)cc1)c1ccc(Cl)cc1Cl. The summed E-state index contributed by atoms with van der Waals surface area (Å²) in [5.41, 5.74) is 2.34. The number of nitrogens with one attached hydrogen (secondary N) is 3. The van der Waals surface area contributed by atoms with E-state index < -0.39 is 0 Å². The molecule has 124 valence electrons. The number of anilines is 1. The lowest BCUT2D eigenvalue weighted by atomic mass is 10.2. The van der Waals surface area contributed by atoms with Gasteiger partial charge in [0.15, 0.2) is 5.96 Å². The summed E-state index contributed by atoms with van der Waals surface area (Å²) in [7, 11) is 0. The third kappa shape index (κ3) is 4.19. The van der Waals surface area contributed by atoms with Crippen LogP contribution in [0.15, 0.2) is 47.5 Å². The lowest BCUT2D eigenvalue weighted by molar-refractivity contribution is 0.0951. The second-order valence-electron chi connectivity index (χ2n) is 5.29. The summed E-state index contributed by atoms with van der Waals surface area (Å²) < 4.78 is 0. The van der Waals surface area contributed by atoms with Crippen molar-refractivity contribution >= 4 is 40.8 Å². The highest BCUT2D eigenvalue weighted by Gasteiger charge is 2.10. The van der Waals surface area contributed by atoms with Gasteiger partial charge in [0, 0.05) is 23.8 Å². The third-order valence-electron chi connectivity index (χ3n) is 3.52. The Morgan fingerprint density at radius 3 is 2.62 bits per heavy atom. The first-order chi connectivity index (χ1) is 11.6. The van der Waals surface area contributed by atoms with Crippen LogP contribution >= 0.6 is 23.2 Å². The highest BCUT2D eigenvalue weighted by molar-refractivity contribution is 6.36. The predicted molar refractivity (Wildman–Crippen MR) is 98.0 cm³/mol. The van der Waals surface area contributed by atoms with E-state index in [0.717, 1.165) is 30.3 Å². The molecule has 1 amide bonds. The van der Waals surface area contributed by atoms with Crippen molar-refractivity contribution in [2.75, 3.05) is 18.4 Å². The summed E-state index contributed by atoms with van der Waals surface area (Å²) >= 11 is 11.9. The van der Waals surface area contributed by atoms with Crippen molar-refractivity contribution in [1.29, 1.82) is 0 Å². The lowest BCUT2D eigenvalue weighted by Gasteiger charge is -2.09. The fraction of sp³-hybridized carbons (Fsp3) is 0.176. The van der Waals surface area contributed by atoms with Gasteiger partial charge in [-0.3, -0.25) is 9.79 Å². The first-order valence-corrected chi connectivity index (χ1v) is 8.25. The molecule has 3 rings (SSSR count). The molecule has 0 bridgehead atoms. The van der Waals surface area contributed by atoms with Gasteiger partial charge in [0.1, 0.15) is 0 Å². The van der Waals surface area contributed by atoms with Gasteiger partial charge in [0.25, 0.3) is 5.91 Å². The Hall–Kier alpha value is -2.24. The van der Waals surface area contributed by atoms with E-state index >= 15 is 0 Å². The van der Waals surface area contributed by atoms with Crippen molar-refractivity contribution in [1.82, 2.24) is 10.6 Å². The zero-order valence-electron chi connectivity index (χ0n) is 12.8. The number of hydrogen-bond donors (Lipinski definition) is 3. The van der Waals surface area contributed by atoms with E-state index in [1.165, 1.54) is 0 Å². The average molecular weight is 363 g/mol. The summed E-state index contributed by atoms with van der Waals surface area (Å²) in [6.45, 7) is 2.07. The van der Waals surface area contributed by atoms with Crippen LogP contribution in [0.1, 0.15) is 15.9 Å². The van der Waals surface area contributed by atoms with Gasteiger partial charge in [-0.05, 0) is 35.9 Å². The van der Waals surface area contributed by atoms with Crippen LogP contribution in [-0.2, 0) is 6.54 Å². The molecule has 1 aliphatic heterocycles. The molecule has 2 aromatic carbocycles. The number of carbonyl (C=O) groups excluding carboxylic acids is 1. The Bertz CT molecular complexity index is 775. The van der Waals surface area contributed by atoms with E-state index in [2.05, 4.69) is 20.9 Å². The zero-order valence-corrected chi connectivity index (χ0v) is 14.3. The molecule has 3 N–H and O–H groups in total. The number of benzene rings is 2. The molecule has 0 saturated carbocycles. The van der Waals surface area contributed by atoms with Crippen molar-refractivity contribution < 1.29 is 4.79 Å². The van der Waals surface area contributed by atoms with Crippen LogP contribution in [0.5, 0.6) is 0 Å². The van der Waals surface area contributed by atoms with Gasteiger partial charge in [-0.2, -0.15) is 0 Å². The molecule has 0 aromatic heterocycles. The Balaban J connectivity index is 1.57. The van der Waals surface area contributed by atoms with Crippen molar-refractivity contribution in [2.24, 2.45) is 4.99 Å². The Morgan fingerprint density at radius 1 is 1.17 bits per heavy atom. The van der Waals surface area contributed by atoms with Crippen LogP contribution in [0.25, 0.3) is 0 Å². The first kappa shape index (κ1) is 16.6. The normalized spacial score (nSPS) is 13.2. The monoisotopic (exact) mass is 362 g/mol. The van der Waals surface area contributed by atoms with Crippen LogP contribution in [0.2, 0.25) is 10.0 Å². The van der Waals surface area contributed by atoms with Gasteiger partial charge in [0.2, 0.25) is 0 Å². The molecule has 5 nitrogen and oxygen atoms in total. The second kappa shape index (κ2) is 7.55. The Labute approximate surface area is 150 Å². The van der Waals surface area contributed by atoms with Crippen LogP contribution < -0.4 is 16.0 Å². The molecular weight excluding hydrogens is 347 g/mol. The zero-order chi connectivity index (χ0) is 16.9. The van der Waals surface area contributed by atoms with Crippen molar-refractivity contribution in [3.8, 4) is 0 Å². The van der Waals surface area contributed by atoms with Crippen molar-refractivity contribution in [3.05, 3.63) is 63.6 Å². The summed E-state index contributed by atoms with van der Waals surface area (Å²) in [4.78, 5) is 16.4. The van der Waals surface area contributed by atoms with E-state index in [0.29, 0.717) is 22.2 Å². The fourth-order valence-corrected chi connectivity index (χ4v) is 2.77. The highest BCUT2D eigenvalue weighted by atomic mass is 35.5. The van der Waals surface area contributed by atoms with Crippen LogP contribution in [0.4, 0.5) is 5.69 Å². The molecule has 0 unspecified atom stereocenters. The van der Waals surface area contributed by atoms with Crippen molar-refractivity contribution in [2.45, 2.75) is 6.54 Å². The van der Waals surface area contributed by atoms with Gasteiger partial charge in [0.05, 0.1) is 17.1 Å². The molecule has 0 aliphatic carbocycles. The fourth-order valence-electron chi connectivity index (χ4n) is 2.28. The molecule has 0 saturated heterocycles. The molecule has 0 atom stereocenters.